The van der Waals surface area contributed by atoms with E-state index in [4.69, 9.17) is 32.7 Å². The molecule has 2 rings (SSSR count). The van der Waals surface area contributed by atoms with Gasteiger partial charge in [0.05, 0.1) is 23.8 Å². The number of rotatable bonds is 6. The second-order valence-corrected chi connectivity index (χ2v) is 5.64. The van der Waals surface area contributed by atoms with Gasteiger partial charge >= 0.3 is 0 Å². The Morgan fingerprint density at radius 2 is 2.15 bits per heavy atom. The first-order chi connectivity index (χ1) is 9.67. The average Bonchev–Trinajstić information content (AvgIpc) is 2.94. The molecule has 1 heterocycles. The Morgan fingerprint density at radius 3 is 2.75 bits per heavy atom. The van der Waals surface area contributed by atoms with Gasteiger partial charge < -0.3 is 14.8 Å². The highest BCUT2D eigenvalue weighted by Crippen LogP contribution is 2.37. The van der Waals surface area contributed by atoms with Gasteiger partial charge in [0.1, 0.15) is 5.75 Å². The van der Waals surface area contributed by atoms with Crippen molar-refractivity contribution in [2.45, 2.75) is 38.8 Å². The van der Waals surface area contributed by atoms with Crippen molar-refractivity contribution < 1.29 is 9.47 Å². The molecule has 0 bridgehead atoms. The number of nitrogens with one attached hydrogen (secondary N) is 1. The first-order valence-electron chi connectivity index (χ1n) is 7.14. The van der Waals surface area contributed by atoms with Crippen molar-refractivity contribution in [2.24, 2.45) is 0 Å². The van der Waals surface area contributed by atoms with Crippen LogP contribution in [0.3, 0.4) is 0 Å². The Kier molecular flexibility index (Phi) is 5.97. The Bertz CT molecular complexity index is 448. The summed E-state index contributed by atoms with van der Waals surface area (Å²) >= 11 is 12.7. The van der Waals surface area contributed by atoms with Crippen molar-refractivity contribution >= 4 is 23.2 Å². The van der Waals surface area contributed by atoms with E-state index in [1.54, 1.807) is 6.07 Å². The summed E-state index contributed by atoms with van der Waals surface area (Å²) < 4.78 is 11.3. The van der Waals surface area contributed by atoms with Crippen molar-refractivity contribution in [3.8, 4) is 5.75 Å². The highest BCUT2D eigenvalue weighted by molar-refractivity contribution is 6.34. The maximum absolute atomic E-state index is 6.41. The standard InChI is InChI=1S/C15H21Cl2NO2/c1-3-18-15(13-6-5-7-20-13)10-8-12(17)14(19-4-2)9-11(10)16/h8-9,13,15,18H,3-7H2,1-2H3. The molecular weight excluding hydrogens is 297 g/mol. The van der Waals surface area contributed by atoms with E-state index in [1.165, 1.54) is 0 Å². The fourth-order valence-corrected chi connectivity index (χ4v) is 3.07. The second-order valence-electron chi connectivity index (χ2n) is 4.82. The largest absolute Gasteiger partial charge is 0.492 e. The number of benzene rings is 1. The summed E-state index contributed by atoms with van der Waals surface area (Å²) in [5.74, 6) is 0.630. The van der Waals surface area contributed by atoms with Crippen LogP contribution in [0.1, 0.15) is 38.3 Å². The molecule has 1 aliphatic rings. The molecule has 1 saturated heterocycles. The Morgan fingerprint density at radius 1 is 1.35 bits per heavy atom. The van der Waals surface area contributed by atoms with E-state index >= 15 is 0 Å². The predicted octanol–water partition coefficient (Wildman–Crippen LogP) is 4.22. The van der Waals surface area contributed by atoms with E-state index in [2.05, 4.69) is 12.2 Å². The normalized spacial score (nSPS) is 20.1. The van der Waals surface area contributed by atoms with Crippen LogP contribution in [-0.4, -0.2) is 25.9 Å². The molecule has 1 aromatic rings. The number of hydrogen-bond donors (Lipinski definition) is 1. The average molecular weight is 318 g/mol. The molecule has 0 spiro atoms. The van der Waals surface area contributed by atoms with Crippen LogP contribution in [0.15, 0.2) is 12.1 Å². The summed E-state index contributed by atoms with van der Waals surface area (Å²) in [6.45, 7) is 6.23. The van der Waals surface area contributed by atoms with Crippen molar-refractivity contribution in [2.75, 3.05) is 19.8 Å². The van der Waals surface area contributed by atoms with E-state index in [9.17, 15) is 0 Å². The summed E-state index contributed by atoms with van der Waals surface area (Å²) in [4.78, 5) is 0. The lowest BCUT2D eigenvalue weighted by atomic mass is 9.99. The Hall–Kier alpha value is -0.480. The lowest BCUT2D eigenvalue weighted by Gasteiger charge is -2.25. The zero-order valence-corrected chi connectivity index (χ0v) is 13.4. The molecule has 3 nitrogen and oxygen atoms in total. The predicted molar refractivity (Wildman–Crippen MR) is 83.0 cm³/mol. The van der Waals surface area contributed by atoms with E-state index in [0.29, 0.717) is 22.4 Å². The van der Waals surface area contributed by atoms with Crippen LogP contribution in [0.4, 0.5) is 0 Å². The molecule has 0 radical (unpaired) electrons. The van der Waals surface area contributed by atoms with Crippen LogP contribution < -0.4 is 10.1 Å². The van der Waals surface area contributed by atoms with E-state index in [0.717, 1.165) is 31.6 Å². The van der Waals surface area contributed by atoms with Crippen LogP contribution in [0.2, 0.25) is 10.0 Å². The van der Waals surface area contributed by atoms with Crippen molar-refractivity contribution in [1.29, 1.82) is 0 Å². The summed E-state index contributed by atoms with van der Waals surface area (Å²) in [6, 6.07) is 3.76. The molecule has 0 saturated carbocycles. The molecule has 0 amide bonds. The highest BCUT2D eigenvalue weighted by Gasteiger charge is 2.28. The molecule has 20 heavy (non-hydrogen) atoms. The molecule has 5 heteroatoms. The van der Waals surface area contributed by atoms with Crippen LogP contribution >= 0.6 is 23.2 Å². The molecule has 1 N–H and O–H groups in total. The minimum Gasteiger partial charge on any atom is -0.492 e. The van der Waals surface area contributed by atoms with Crippen LogP contribution in [0.25, 0.3) is 0 Å². The zero-order valence-electron chi connectivity index (χ0n) is 11.9. The third-order valence-electron chi connectivity index (χ3n) is 3.45. The number of ether oxygens (including phenoxy) is 2. The maximum Gasteiger partial charge on any atom is 0.139 e. The van der Waals surface area contributed by atoms with Gasteiger partial charge in [0.15, 0.2) is 0 Å². The summed E-state index contributed by atoms with van der Waals surface area (Å²) in [5.41, 5.74) is 0.980. The Labute approximate surface area is 130 Å². The number of likely N-dealkylation sites (N-methyl/N-ethyl adjacent to an activating group) is 1. The summed E-state index contributed by atoms with van der Waals surface area (Å²) in [6.07, 6.45) is 2.29. The molecule has 1 aliphatic heterocycles. The van der Waals surface area contributed by atoms with Crippen molar-refractivity contribution in [1.82, 2.24) is 5.32 Å². The van der Waals surface area contributed by atoms with Crippen LogP contribution in [0.5, 0.6) is 5.75 Å². The van der Waals surface area contributed by atoms with Gasteiger partial charge in [-0.25, -0.2) is 0 Å². The lowest BCUT2D eigenvalue weighted by Crippen LogP contribution is -2.31. The smallest absolute Gasteiger partial charge is 0.139 e. The third kappa shape index (κ3) is 3.59. The third-order valence-corrected chi connectivity index (χ3v) is 4.07. The van der Waals surface area contributed by atoms with E-state index < -0.39 is 0 Å². The minimum atomic E-state index is 0.0724. The number of halogens is 2. The van der Waals surface area contributed by atoms with Crippen LogP contribution in [-0.2, 0) is 4.74 Å². The second kappa shape index (κ2) is 7.51. The lowest BCUT2D eigenvalue weighted by molar-refractivity contribution is 0.0788. The fourth-order valence-electron chi connectivity index (χ4n) is 2.58. The van der Waals surface area contributed by atoms with Gasteiger partial charge in [-0.05, 0) is 37.9 Å². The molecule has 2 atom stereocenters. The zero-order chi connectivity index (χ0) is 14.5. The van der Waals surface area contributed by atoms with E-state index in [-0.39, 0.29) is 12.1 Å². The van der Waals surface area contributed by atoms with Gasteiger partial charge in [-0.2, -0.15) is 0 Å². The van der Waals surface area contributed by atoms with Crippen molar-refractivity contribution in [3.63, 3.8) is 0 Å². The molecule has 2 unspecified atom stereocenters. The summed E-state index contributed by atoms with van der Waals surface area (Å²) in [5, 5.41) is 4.71. The van der Waals surface area contributed by atoms with Gasteiger partial charge in [-0.1, -0.05) is 30.1 Å². The monoisotopic (exact) mass is 317 g/mol. The highest BCUT2D eigenvalue weighted by atomic mass is 35.5. The molecular formula is C15H21Cl2NO2. The van der Waals surface area contributed by atoms with Gasteiger partial charge in [-0.15, -0.1) is 0 Å². The molecule has 112 valence electrons. The van der Waals surface area contributed by atoms with Gasteiger partial charge in [0.25, 0.3) is 0 Å². The molecule has 1 fully saturated rings. The number of hydrogen-bond acceptors (Lipinski definition) is 3. The first kappa shape index (κ1) is 15.9. The minimum absolute atomic E-state index is 0.0724. The van der Waals surface area contributed by atoms with E-state index in [1.807, 2.05) is 13.0 Å². The van der Waals surface area contributed by atoms with Gasteiger partial charge in [-0.3, -0.25) is 0 Å². The van der Waals surface area contributed by atoms with Gasteiger partial charge in [0, 0.05) is 17.7 Å². The molecule has 0 aliphatic carbocycles. The van der Waals surface area contributed by atoms with Gasteiger partial charge in [0.2, 0.25) is 0 Å². The molecule has 0 aromatic heterocycles. The van der Waals surface area contributed by atoms with Crippen molar-refractivity contribution in [3.05, 3.63) is 27.7 Å². The maximum atomic E-state index is 6.41. The Balaban J connectivity index is 2.30. The fraction of sp³-hybridized carbons (Fsp3) is 0.600. The molecule has 1 aromatic carbocycles. The topological polar surface area (TPSA) is 30.5 Å². The summed E-state index contributed by atoms with van der Waals surface area (Å²) in [7, 11) is 0. The SMILES string of the molecule is CCNC(c1cc(Cl)c(OCC)cc1Cl)C1CCCO1. The first-order valence-corrected chi connectivity index (χ1v) is 7.89. The van der Waals surface area contributed by atoms with Crippen LogP contribution in [0, 0.1) is 0 Å². The quantitative estimate of drug-likeness (QED) is 0.852.